The third kappa shape index (κ3) is 2.70. The summed E-state index contributed by atoms with van der Waals surface area (Å²) in [5, 5.41) is 13.4. The molecule has 0 bridgehead atoms. The molecule has 0 aliphatic carbocycles. The molecule has 3 nitrogen and oxygen atoms in total. The molecule has 0 radical (unpaired) electrons. The van der Waals surface area contributed by atoms with Crippen LogP contribution in [-0.4, -0.2) is 9.55 Å². The minimum Gasteiger partial charge on any atom is -0.341 e. The maximum atomic E-state index is 9.04. The average molecular weight is 295 g/mol. The number of hydrogen-bond acceptors (Lipinski definition) is 3. The Balaban J connectivity index is 1.95. The Labute approximate surface area is 128 Å². The van der Waals surface area contributed by atoms with Crippen molar-refractivity contribution >= 4 is 22.2 Å². The van der Waals surface area contributed by atoms with E-state index in [0.29, 0.717) is 5.56 Å². The van der Waals surface area contributed by atoms with Crippen molar-refractivity contribution in [3.8, 4) is 6.07 Å². The van der Waals surface area contributed by atoms with E-state index in [-0.39, 0.29) is 5.41 Å². The molecule has 0 unspecified atom stereocenters. The molecule has 2 heterocycles. The van der Waals surface area contributed by atoms with E-state index < -0.39 is 0 Å². The van der Waals surface area contributed by atoms with E-state index in [4.69, 9.17) is 10.2 Å². The summed E-state index contributed by atoms with van der Waals surface area (Å²) in [7, 11) is 0. The fourth-order valence-electron chi connectivity index (χ4n) is 2.27. The van der Waals surface area contributed by atoms with Crippen LogP contribution in [0.3, 0.4) is 0 Å². The largest absolute Gasteiger partial charge is 0.341 e. The minimum absolute atomic E-state index is 0.0848. The molecule has 0 amide bonds. The number of rotatable bonds is 2. The van der Waals surface area contributed by atoms with Gasteiger partial charge in [0.15, 0.2) is 0 Å². The van der Waals surface area contributed by atoms with Crippen molar-refractivity contribution < 1.29 is 0 Å². The lowest BCUT2D eigenvalue weighted by atomic mass is 9.93. The first-order valence-electron chi connectivity index (χ1n) is 6.91. The van der Waals surface area contributed by atoms with Crippen LogP contribution in [0.2, 0.25) is 0 Å². The predicted molar refractivity (Wildman–Crippen MR) is 86.6 cm³/mol. The van der Waals surface area contributed by atoms with Crippen LogP contribution >= 0.6 is 11.3 Å². The summed E-state index contributed by atoms with van der Waals surface area (Å²) in [5.74, 6) is 0. The first kappa shape index (κ1) is 13.8. The van der Waals surface area contributed by atoms with Crippen LogP contribution in [0.15, 0.2) is 35.8 Å². The molecular formula is C17H17N3S. The third-order valence-electron chi connectivity index (χ3n) is 3.53. The Morgan fingerprint density at radius 3 is 2.76 bits per heavy atom. The van der Waals surface area contributed by atoms with Gasteiger partial charge in [-0.2, -0.15) is 5.26 Å². The monoisotopic (exact) mass is 295 g/mol. The van der Waals surface area contributed by atoms with Crippen LogP contribution in [0.1, 0.15) is 37.0 Å². The second kappa shape index (κ2) is 5.01. The van der Waals surface area contributed by atoms with Crippen molar-refractivity contribution in [2.75, 3.05) is 0 Å². The Bertz CT molecular complexity index is 828. The zero-order chi connectivity index (χ0) is 15.0. The maximum Gasteiger partial charge on any atom is 0.113 e. The Morgan fingerprint density at radius 1 is 1.29 bits per heavy atom. The molecule has 0 saturated heterocycles. The second-order valence-electron chi connectivity index (χ2n) is 6.21. The smallest absolute Gasteiger partial charge is 0.113 e. The van der Waals surface area contributed by atoms with E-state index in [2.05, 4.69) is 49.1 Å². The topological polar surface area (TPSA) is 41.6 Å². The van der Waals surface area contributed by atoms with Crippen molar-refractivity contribution in [2.24, 2.45) is 0 Å². The number of aromatic nitrogens is 2. The average Bonchev–Trinajstić information content (AvgIpc) is 3.06. The van der Waals surface area contributed by atoms with Crippen LogP contribution in [0.5, 0.6) is 0 Å². The fourth-order valence-corrected chi connectivity index (χ4v) is 3.28. The molecule has 106 valence electrons. The number of hydrogen-bond donors (Lipinski definition) is 0. The summed E-state index contributed by atoms with van der Waals surface area (Å²) in [4.78, 5) is 4.74. The number of nitrogens with zero attached hydrogens (tertiary/aromatic N) is 3. The normalized spacial score (nSPS) is 11.7. The Morgan fingerprint density at radius 2 is 2.10 bits per heavy atom. The van der Waals surface area contributed by atoms with Crippen LogP contribution in [-0.2, 0) is 12.0 Å². The van der Waals surface area contributed by atoms with Crippen LogP contribution < -0.4 is 0 Å². The molecule has 0 N–H and O–H groups in total. The summed E-state index contributed by atoms with van der Waals surface area (Å²) in [6.45, 7) is 7.28. The molecular weight excluding hydrogens is 278 g/mol. The van der Waals surface area contributed by atoms with Crippen LogP contribution in [0.25, 0.3) is 10.9 Å². The van der Waals surface area contributed by atoms with Gasteiger partial charge < -0.3 is 4.57 Å². The molecule has 4 heteroatoms. The molecule has 0 spiro atoms. The molecule has 0 saturated carbocycles. The van der Waals surface area contributed by atoms with E-state index in [0.717, 1.165) is 28.1 Å². The predicted octanol–water partition coefficient (Wildman–Crippen LogP) is 4.32. The summed E-state index contributed by atoms with van der Waals surface area (Å²) >= 11 is 1.70. The highest BCUT2D eigenvalue weighted by Crippen LogP contribution is 2.25. The summed E-state index contributed by atoms with van der Waals surface area (Å²) in [6, 6.07) is 10.1. The highest BCUT2D eigenvalue weighted by atomic mass is 32.1. The lowest BCUT2D eigenvalue weighted by Crippen LogP contribution is -2.11. The van der Waals surface area contributed by atoms with E-state index in [1.165, 1.54) is 0 Å². The van der Waals surface area contributed by atoms with Gasteiger partial charge in [-0.3, -0.25) is 0 Å². The fraction of sp³-hybridized carbons (Fsp3) is 0.294. The molecule has 0 fully saturated rings. The number of benzene rings is 1. The quantitative estimate of drug-likeness (QED) is 0.706. The van der Waals surface area contributed by atoms with Crippen LogP contribution in [0.4, 0.5) is 0 Å². The molecule has 2 aromatic heterocycles. The van der Waals surface area contributed by atoms with Gasteiger partial charge in [0.1, 0.15) is 5.01 Å². The Kier molecular flexibility index (Phi) is 3.30. The van der Waals surface area contributed by atoms with Crippen molar-refractivity contribution in [3.63, 3.8) is 0 Å². The highest BCUT2D eigenvalue weighted by molar-refractivity contribution is 7.09. The summed E-state index contributed by atoms with van der Waals surface area (Å²) < 4.78 is 2.15. The summed E-state index contributed by atoms with van der Waals surface area (Å²) in [5.41, 5.74) is 3.00. The molecule has 3 rings (SSSR count). The van der Waals surface area contributed by atoms with Gasteiger partial charge in [0.2, 0.25) is 0 Å². The zero-order valence-corrected chi connectivity index (χ0v) is 13.2. The number of thiazole rings is 1. The zero-order valence-electron chi connectivity index (χ0n) is 12.4. The highest BCUT2D eigenvalue weighted by Gasteiger charge is 2.17. The third-order valence-corrected chi connectivity index (χ3v) is 4.36. The summed E-state index contributed by atoms with van der Waals surface area (Å²) in [6.07, 6.45) is 2.06. The Hall–Kier alpha value is -2.12. The van der Waals surface area contributed by atoms with Crippen molar-refractivity contribution in [3.05, 3.63) is 52.1 Å². The van der Waals surface area contributed by atoms with Gasteiger partial charge in [0.25, 0.3) is 0 Å². The first-order valence-corrected chi connectivity index (χ1v) is 7.79. The molecule has 1 aromatic carbocycles. The molecule has 0 aliphatic rings. The molecule has 3 aromatic rings. The van der Waals surface area contributed by atoms with Gasteiger partial charge >= 0.3 is 0 Å². The standard InChI is InChI=1S/C17H17N3S/c1-17(2,3)15-11-21-16(19-15)10-20-7-6-13-5-4-12(9-18)8-14(13)20/h4-8,11H,10H2,1-3H3. The molecule has 21 heavy (non-hydrogen) atoms. The van der Waals surface area contributed by atoms with Crippen molar-refractivity contribution in [1.29, 1.82) is 5.26 Å². The van der Waals surface area contributed by atoms with Gasteiger partial charge in [-0.05, 0) is 23.6 Å². The van der Waals surface area contributed by atoms with Gasteiger partial charge in [0.05, 0.1) is 23.9 Å². The van der Waals surface area contributed by atoms with Gasteiger partial charge in [-0.25, -0.2) is 4.98 Å². The minimum atomic E-state index is 0.0848. The number of fused-ring (bicyclic) bond motifs is 1. The second-order valence-corrected chi connectivity index (χ2v) is 7.15. The van der Waals surface area contributed by atoms with Gasteiger partial charge in [0, 0.05) is 22.5 Å². The van der Waals surface area contributed by atoms with Crippen molar-refractivity contribution in [2.45, 2.75) is 32.7 Å². The first-order chi connectivity index (χ1) is 9.97. The lowest BCUT2D eigenvalue weighted by molar-refractivity contribution is 0.570. The number of nitriles is 1. The van der Waals surface area contributed by atoms with E-state index in [1.54, 1.807) is 11.3 Å². The maximum absolute atomic E-state index is 9.04. The molecule has 0 atom stereocenters. The van der Waals surface area contributed by atoms with Crippen molar-refractivity contribution in [1.82, 2.24) is 9.55 Å². The van der Waals surface area contributed by atoms with E-state index >= 15 is 0 Å². The van der Waals surface area contributed by atoms with E-state index in [1.807, 2.05) is 18.2 Å². The van der Waals surface area contributed by atoms with Gasteiger partial charge in [-0.1, -0.05) is 26.8 Å². The van der Waals surface area contributed by atoms with E-state index in [9.17, 15) is 0 Å². The SMILES string of the molecule is CC(C)(C)c1csc(Cn2ccc3ccc(C#N)cc32)n1. The van der Waals surface area contributed by atoms with Gasteiger partial charge in [-0.15, -0.1) is 11.3 Å². The molecule has 0 aliphatic heterocycles. The van der Waals surface area contributed by atoms with Crippen LogP contribution in [0, 0.1) is 11.3 Å². The lowest BCUT2D eigenvalue weighted by Gasteiger charge is -2.14.